The van der Waals surface area contributed by atoms with E-state index in [-0.39, 0.29) is 11.9 Å². The maximum Gasteiger partial charge on any atom is 0.255 e. The Morgan fingerprint density at radius 2 is 2.19 bits per heavy atom. The van der Waals surface area contributed by atoms with Gasteiger partial charge in [-0.1, -0.05) is 29.3 Å². The summed E-state index contributed by atoms with van der Waals surface area (Å²) >= 11 is 11.9. The van der Waals surface area contributed by atoms with Crippen LogP contribution in [0.25, 0.3) is 0 Å². The maximum absolute atomic E-state index is 12.1. The van der Waals surface area contributed by atoms with E-state index in [1.807, 2.05) is 0 Å². The molecule has 2 rings (SSSR count). The number of benzene rings is 1. The number of amides is 1. The predicted octanol–water partition coefficient (Wildman–Crippen LogP) is 2.17. The molecule has 86 valence electrons. The number of hydrogen-bond acceptors (Lipinski definition) is 2. The first-order chi connectivity index (χ1) is 7.59. The van der Waals surface area contributed by atoms with Crippen LogP contribution in [0.4, 0.5) is 0 Å². The first kappa shape index (κ1) is 11.7. The minimum atomic E-state index is -0.0968. The smallest absolute Gasteiger partial charge is 0.255 e. The number of rotatable bonds is 1. The first-order valence-corrected chi connectivity index (χ1v) is 5.84. The zero-order chi connectivity index (χ0) is 11.7. The summed E-state index contributed by atoms with van der Waals surface area (Å²) in [6.07, 6.45) is 0.837. The second kappa shape index (κ2) is 4.62. The molecule has 0 aromatic heterocycles. The molecule has 0 unspecified atom stereocenters. The minimum absolute atomic E-state index is 0.0712. The molecule has 0 radical (unpaired) electrons. The number of halogens is 2. The van der Waals surface area contributed by atoms with E-state index in [1.54, 1.807) is 23.1 Å². The average molecular weight is 259 g/mol. The third-order valence-corrected chi connectivity index (χ3v) is 3.51. The number of carbonyl (C=O) groups excluding carboxylic acids is 1. The number of nitrogens with two attached hydrogens (primary N) is 1. The van der Waals surface area contributed by atoms with Crippen LogP contribution in [-0.2, 0) is 0 Å². The molecule has 16 heavy (non-hydrogen) atoms. The Morgan fingerprint density at radius 1 is 1.44 bits per heavy atom. The van der Waals surface area contributed by atoms with Gasteiger partial charge in [0.25, 0.3) is 5.91 Å². The highest BCUT2D eigenvalue weighted by atomic mass is 35.5. The fraction of sp³-hybridized carbons (Fsp3) is 0.364. The predicted molar refractivity (Wildman–Crippen MR) is 65.0 cm³/mol. The Balaban J connectivity index is 2.24. The topological polar surface area (TPSA) is 46.3 Å². The maximum atomic E-state index is 12.1. The lowest BCUT2D eigenvalue weighted by Crippen LogP contribution is -2.32. The highest BCUT2D eigenvalue weighted by Gasteiger charge is 2.26. The van der Waals surface area contributed by atoms with Crippen molar-refractivity contribution < 1.29 is 4.79 Å². The van der Waals surface area contributed by atoms with Gasteiger partial charge in [0, 0.05) is 19.1 Å². The van der Waals surface area contributed by atoms with E-state index in [2.05, 4.69) is 0 Å². The van der Waals surface area contributed by atoms with Crippen LogP contribution < -0.4 is 5.73 Å². The van der Waals surface area contributed by atoms with Gasteiger partial charge in [0.15, 0.2) is 0 Å². The molecule has 1 atom stereocenters. The molecule has 1 aliphatic heterocycles. The average Bonchev–Trinajstić information content (AvgIpc) is 2.68. The summed E-state index contributed by atoms with van der Waals surface area (Å²) in [5.41, 5.74) is 6.20. The summed E-state index contributed by atoms with van der Waals surface area (Å²) in [7, 11) is 0. The van der Waals surface area contributed by atoms with Crippen LogP contribution in [0.5, 0.6) is 0 Å². The number of likely N-dealkylation sites (tertiary alicyclic amines) is 1. The molecule has 1 fully saturated rings. The molecule has 0 aliphatic carbocycles. The van der Waals surface area contributed by atoms with Crippen LogP contribution in [0, 0.1) is 0 Å². The van der Waals surface area contributed by atoms with E-state index in [4.69, 9.17) is 28.9 Å². The van der Waals surface area contributed by atoms with E-state index in [0.717, 1.165) is 6.42 Å². The van der Waals surface area contributed by atoms with Crippen molar-refractivity contribution in [3.8, 4) is 0 Å². The minimum Gasteiger partial charge on any atom is -0.337 e. The largest absolute Gasteiger partial charge is 0.337 e. The lowest BCUT2D eigenvalue weighted by Gasteiger charge is -2.16. The Labute approximate surface area is 104 Å². The second-order valence-corrected chi connectivity index (χ2v) is 4.69. The van der Waals surface area contributed by atoms with Gasteiger partial charge in [0.1, 0.15) is 0 Å². The van der Waals surface area contributed by atoms with Gasteiger partial charge in [0.05, 0.1) is 15.6 Å². The van der Waals surface area contributed by atoms with E-state index in [1.165, 1.54) is 0 Å². The summed E-state index contributed by atoms with van der Waals surface area (Å²) in [5, 5.41) is 0.714. The first-order valence-electron chi connectivity index (χ1n) is 5.08. The van der Waals surface area contributed by atoms with Crippen molar-refractivity contribution in [3.63, 3.8) is 0 Å². The molecule has 1 aromatic carbocycles. The quantitative estimate of drug-likeness (QED) is 0.840. The summed E-state index contributed by atoms with van der Waals surface area (Å²) in [4.78, 5) is 13.8. The number of nitrogens with zero attached hydrogens (tertiary/aromatic N) is 1. The Bertz CT molecular complexity index is 422. The lowest BCUT2D eigenvalue weighted by atomic mass is 10.2. The van der Waals surface area contributed by atoms with Gasteiger partial charge in [-0.3, -0.25) is 4.79 Å². The molecule has 1 amide bonds. The molecule has 1 aromatic rings. The van der Waals surface area contributed by atoms with Gasteiger partial charge in [-0.05, 0) is 18.6 Å². The molecule has 0 spiro atoms. The van der Waals surface area contributed by atoms with Gasteiger partial charge in [-0.2, -0.15) is 0 Å². The molecule has 1 saturated heterocycles. The van der Waals surface area contributed by atoms with Crippen molar-refractivity contribution in [3.05, 3.63) is 33.8 Å². The molecule has 1 heterocycles. The van der Waals surface area contributed by atoms with Gasteiger partial charge in [-0.15, -0.1) is 0 Å². The monoisotopic (exact) mass is 258 g/mol. The Morgan fingerprint density at radius 3 is 2.81 bits per heavy atom. The van der Waals surface area contributed by atoms with Crippen LogP contribution in [-0.4, -0.2) is 29.9 Å². The van der Waals surface area contributed by atoms with Crippen LogP contribution in [0.1, 0.15) is 16.8 Å². The van der Waals surface area contributed by atoms with Gasteiger partial charge in [-0.25, -0.2) is 0 Å². The van der Waals surface area contributed by atoms with E-state index < -0.39 is 0 Å². The molecule has 5 heteroatoms. The van der Waals surface area contributed by atoms with Crippen LogP contribution in [0.2, 0.25) is 10.0 Å². The molecule has 0 bridgehead atoms. The summed E-state index contributed by atoms with van der Waals surface area (Å²) < 4.78 is 0. The van der Waals surface area contributed by atoms with Gasteiger partial charge >= 0.3 is 0 Å². The SMILES string of the molecule is N[C@@H]1CCN(C(=O)c2cccc(Cl)c2Cl)C1. The lowest BCUT2D eigenvalue weighted by molar-refractivity contribution is 0.0791. The van der Waals surface area contributed by atoms with Crippen LogP contribution in [0.15, 0.2) is 18.2 Å². The van der Waals surface area contributed by atoms with Crippen LogP contribution in [0.3, 0.4) is 0 Å². The van der Waals surface area contributed by atoms with Gasteiger partial charge < -0.3 is 10.6 Å². The van der Waals surface area contributed by atoms with Crippen molar-refractivity contribution in [2.75, 3.05) is 13.1 Å². The summed E-state index contributed by atoms with van der Waals surface area (Å²) in [5.74, 6) is -0.0968. The van der Waals surface area contributed by atoms with Crippen molar-refractivity contribution in [2.24, 2.45) is 5.73 Å². The fourth-order valence-corrected chi connectivity index (χ4v) is 2.19. The zero-order valence-electron chi connectivity index (χ0n) is 8.62. The van der Waals surface area contributed by atoms with Crippen molar-refractivity contribution in [1.29, 1.82) is 0 Å². The summed E-state index contributed by atoms with van der Waals surface area (Å²) in [6.45, 7) is 1.27. The normalized spacial score (nSPS) is 20.2. The molecule has 0 saturated carbocycles. The van der Waals surface area contributed by atoms with E-state index >= 15 is 0 Å². The standard InChI is InChI=1S/C11H12Cl2N2O/c12-9-3-1-2-8(10(9)13)11(16)15-5-4-7(14)6-15/h1-3,7H,4-6,14H2/t7-/m1/s1. The van der Waals surface area contributed by atoms with Crippen molar-refractivity contribution in [2.45, 2.75) is 12.5 Å². The number of hydrogen-bond donors (Lipinski definition) is 1. The molecular formula is C11H12Cl2N2O. The Kier molecular flexibility index (Phi) is 3.38. The highest BCUT2D eigenvalue weighted by molar-refractivity contribution is 6.43. The van der Waals surface area contributed by atoms with Crippen molar-refractivity contribution >= 4 is 29.1 Å². The third-order valence-electron chi connectivity index (χ3n) is 2.69. The third kappa shape index (κ3) is 2.17. The Hall–Kier alpha value is -0.770. The highest BCUT2D eigenvalue weighted by Crippen LogP contribution is 2.27. The molecule has 1 aliphatic rings. The van der Waals surface area contributed by atoms with Crippen molar-refractivity contribution in [1.82, 2.24) is 4.90 Å². The van der Waals surface area contributed by atoms with Gasteiger partial charge in [0.2, 0.25) is 0 Å². The van der Waals surface area contributed by atoms with E-state index in [9.17, 15) is 4.79 Å². The molecule has 2 N–H and O–H groups in total. The number of carbonyl (C=O) groups is 1. The second-order valence-electron chi connectivity index (χ2n) is 3.90. The molecular weight excluding hydrogens is 247 g/mol. The van der Waals surface area contributed by atoms with E-state index in [0.29, 0.717) is 28.7 Å². The zero-order valence-corrected chi connectivity index (χ0v) is 10.1. The fourth-order valence-electron chi connectivity index (χ4n) is 1.81. The summed E-state index contributed by atoms with van der Waals surface area (Å²) in [6, 6.07) is 5.13. The molecule has 3 nitrogen and oxygen atoms in total. The van der Waals surface area contributed by atoms with Crippen LogP contribution >= 0.6 is 23.2 Å².